The quantitative estimate of drug-likeness (QED) is 0.213. The zero-order valence-corrected chi connectivity index (χ0v) is 23.1. The van der Waals surface area contributed by atoms with Crippen molar-refractivity contribution in [3.63, 3.8) is 0 Å². The van der Waals surface area contributed by atoms with Gasteiger partial charge in [0.05, 0.1) is 26.9 Å². The zero-order valence-electron chi connectivity index (χ0n) is 23.1. The van der Waals surface area contributed by atoms with Gasteiger partial charge in [-0.25, -0.2) is 0 Å². The molecule has 0 aliphatic carbocycles. The highest BCUT2D eigenvalue weighted by molar-refractivity contribution is 6.01. The molecule has 2 aromatic heterocycles. The first-order chi connectivity index (χ1) is 20.7. The average molecular weight is 581 g/mol. The molecule has 216 valence electrons. The Kier molecular flexibility index (Phi) is 6.66. The predicted octanol–water partition coefficient (Wildman–Crippen LogP) is 6.04. The van der Waals surface area contributed by atoms with Gasteiger partial charge in [-0.15, -0.1) is 0 Å². The van der Waals surface area contributed by atoms with Crippen molar-refractivity contribution in [1.82, 2.24) is 0 Å². The Labute approximate surface area is 243 Å². The van der Waals surface area contributed by atoms with Gasteiger partial charge in [-0.05, 0) is 42.5 Å². The van der Waals surface area contributed by atoms with Gasteiger partial charge in [0.15, 0.2) is 16.4 Å². The summed E-state index contributed by atoms with van der Waals surface area (Å²) in [6, 6.07) is 17.9. The number of phenolic OH excluding ortho intramolecular Hbond substituents is 3. The Bertz CT molecular complexity index is 2160. The van der Waals surface area contributed by atoms with E-state index in [1.165, 1.54) is 69.9 Å². The van der Waals surface area contributed by atoms with E-state index in [4.69, 9.17) is 23.0 Å². The molecule has 0 saturated carbocycles. The maximum atomic E-state index is 13.3. The van der Waals surface area contributed by atoms with Gasteiger partial charge in [0, 0.05) is 47.0 Å². The van der Waals surface area contributed by atoms with Gasteiger partial charge in [0.25, 0.3) is 0 Å². The van der Waals surface area contributed by atoms with Crippen LogP contribution in [0.5, 0.6) is 34.5 Å². The zero-order chi connectivity index (χ0) is 30.4. The second kappa shape index (κ2) is 10.5. The number of methoxy groups -OCH3 is 3. The molecule has 0 atom stereocenters. The molecule has 0 spiro atoms. The highest BCUT2D eigenvalue weighted by Crippen LogP contribution is 2.46. The van der Waals surface area contributed by atoms with E-state index in [0.29, 0.717) is 22.6 Å². The van der Waals surface area contributed by atoms with Crippen molar-refractivity contribution >= 4 is 21.9 Å². The van der Waals surface area contributed by atoms with Gasteiger partial charge in [0.2, 0.25) is 0 Å². The number of benzene rings is 4. The molecule has 2 heterocycles. The van der Waals surface area contributed by atoms with E-state index in [1.54, 1.807) is 24.3 Å². The van der Waals surface area contributed by atoms with Crippen molar-refractivity contribution in [2.24, 2.45) is 0 Å². The van der Waals surface area contributed by atoms with Crippen LogP contribution in [0.2, 0.25) is 0 Å². The predicted molar refractivity (Wildman–Crippen MR) is 159 cm³/mol. The fourth-order valence-electron chi connectivity index (χ4n) is 5.00. The van der Waals surface area contributed by atoms with Crippen LogP contribution >= 0.6 is 0 Å². The summed E-state index contributed by atoms with van der Waals surface area (Å²) in [6.45, 7) is 0. The van der Waals surface area contributed by atoms with E-state index in [-0.39, 0.29) is 67.6 Å². The summed E-state index contributed by atoms with van der Waals surface area (Å²) in [5.41, 5.74) is 0.366. The summed E-state index contributed by atoms with van der Waals surface area (Å²) in [5, 5.41) is 32.0. The van der Waals surface area contributed by atoms with Gasteiger partial charge >= 0.3 is 0 Å². The second-order valence-electron chi connectivity index (χ2n) is 9.61. The Morgan fingerprint density at radius 2 is 1.21 bits per heavy atom. The molecule has 0 radical (unpaired) electrons. The standard InChI is InChI=1S/C33H24O10/c1-39-18-7-4-16(5-8-18)26-14-24(37)32-25(38)15-28(41-3)30(33(32)43-26)20-10-17(6-9-21(20)34)27-13-23(36)31-22(35)11-19(40-2)12-29(31)42-27/h4-15,34-35,38H,1-3H3. The molecule has 10 heteroatoms. The van der Waals surface area contributed by atoms with Crippen LogP contribution in [-0.4, -0.2) is 36.6 Å². The smallest absolute Gasteiger partial charge is 0.197 e. The van der Waals surface area contributed by atoms with Crippen LogP contribution in [0, 0.1) is 0 Å². The lowest BCUT2D eigenvalue weighted by atomic mass is 9.96. The number of ether oxygens (including phenoxy) is 3. The summed E-state index contributed by atoms with van der Waals surface area (Å²) in [6.07, 6.45) is 0. The first-order valence-corrected chi connectivity index (χ1v) is 12.9. The number of hydrogen-bond donors (Lipinski definition) is 3. The molecule has 0 fully saturated rings. The Hall–Kier alpha value is -5.90. The fourth-order valence-corrected chi connectivity index (χ4v) is 5.00. The molecule has 4 aromatic carbocycles. The maximum absolute atomic E-state index is 13.3. The van der Waals surface area contributed by atoms with Crippen LogP contribution in [0.3, 0.4) is 0 Å². The number of rotatable bonds is 6. The molecule has 0 amide bonds. The van der Waals surface area contributed by atoms with Crippen LogP contribution in [0.1, 0.15) is 0 Å². The van der Waals surface area contributed by atoms with Crippen molar-refractivity contribution in [1.29, 1.82) is 0 Å². The lowest BCUT2D eigenvalue weighted by Gasteiger charge is -2.16. The molecule has 0 unspecified atom stereocenters. The highest BCUT2D eigenvalue weighted by Gasteiger charge is 2.23. The van der Waals surface area contributed by atoms with E-state index in [2.05, 4.69) is 0 Å². The van der Waals surface area contributed by atoms with Crippen LogP contribution < -0.4 is 25.1 Å². The SMILES string of the molecule is COc1ccc(-c2cc(=O)c3c(O)cc(OC)c(-c4cc(-c5cc(=O)c6c(O)cc(OC)cc6o5)ccc4O)c3o2)cc1. The molecule has 6 rings (SSSR count). The first-order valence-electron chi connectivity index (χ1n) is 12.9. The number of aromatic hydroxyl groups is 3. The summed E-state index contributed by atoms with van der Waals surface area (Å²) in [5.74, 6) is 0.505. The van der Waals surface area contributed by atoms with Gasteiger partial charge < -0.3 is 38.4 Å². The number of phenols is 3. The van der Waals surface area contributed by atoms with Crippen molar-refractivity contribution < 1.29 is 38.4 Å². The van der Waals surface area contributed by atoms with E-state index >= 15 is 0 Å². The van der Waals surface area contributed by atoms with Crippen LogP contribution in [0.25, 0.3) is 55.7 Å². The molecular formula is C33H24O10. The average Bonchev–Trinajstić information content (AvgIpc) is 3.00. The van der Waals surface area contributed by atoms with Crippen molar-refractivity contribution in [3.8, 4) is 68.3 Å². The van der Waals surface area contributed by atoms with E-state index < -0.39 is 10.9 Å². The van der Waals surface area contributed by atoms with E-state index in [0.717, 1.165) is 0 Å². The maximum Gasteiger partial charge on any atom is 0.197 e. The topological polar surface area (TPSA) is 149 Å². The summed E-state index contributed by atoms with van der Waals surface area (Å²) in [4.78, 5) is 26.2. The third kappa shape index (κ3) is 4.64. The minimum absolute atomic E-state index is 0.0115. The van der Waals surface area contributed by atoms with Gasteiger partial charge in [-0.1, -0.05) is 0 Å². The van der Waals surface area contributed by atoms with Gasteiger partial charge in [-0.3, -0.25) is 9.59 Å². The molecule has 0 bridgehead atoms. The Balaban J connectivity index is 1.61. The molecule has 6 aromatic rings. The first kappa shape index (κ1) is 27.3. The van der Waals surface area contributed by atoms with Gasteiger partial charge in [0.1, 0.15) is 62.4 Å². The molecular weight excluding hydrogens is 556 g/mol. The highest BCUT2D eigenvalue weighted by atomic mass is 16.5. The molecule has 10 nitrogen and oxygen atoms in total. The summed E-state index contributed by atoms with van der Waals surface area (Å²) in [7, 11) is 4.33. The Morgan fingerprint density at radius 3 is 1.88 bits per heavy atom. The molecule has 3 N–H and O–H groups in total. The lowest BCUT2D eigenvalue weighted by Crippen LogP contribution is -2.03. The minimum Gasteiger partial charge on any atom is -0.507 e. The largest absolute Gasteiger partial charge is 0.507 e. The Morgan fingerprint density at radius 1 is 0.581 bits per heavy atom. The third-order valence-electron chi connectivity index (χ3n) is 7.11. The normalized spacial score (nSPS) is 11.1. The summed E-state index contributed by atoms with van der Waals surface area (Å²) < 4.78 is 28.2. The second-order valence-corrected chi connectivity index (χ2v) is 9.61. The van der Waals surface area contributed by atoms with Crippen molar-refractivity contribution in [2.75, 3.05) is 21.3 Å². The van der Waals surface area contributed by atoms with Crippen molar-refractivity contribution in [2.45, 2.75) is 0 Å². The van der Waals surface area contributed by atoms with E-state index in [9.17, 15) is 24.9 Å². The molecule has 0 aliphatic rings. The monoisotopic (exact) mass is 580 g/mol. The van der Waals surface area contributed by atoms with E-state index in [1.807, 2.05) is 0 Å². The fraction of sp³-hybridized carbons (Fsp3) is 0.0909. The summed E-state index contributed by atoms with van der Waals surface area (Å²) >= 11 is 0. The number of hydrogen-bond acceptors (Lipinski definition) is 10. The van der Waals surface area contributed by atoms with Crippen LogP contribution in [0.4, 0.5) is 0 Å². The minimum atomic E-state index is -0.515. The van der Waals surface area contributed by atoms with Crippen LogP contribution in [0.15, 0.2) is 91.2 Å². The lowest BCUT2D eigenvalue weighted by molar-refractivity contribution is 0.408. The molecule has 0 aliphatic heterocycles. The molecule has 0 saturated heterocycles. The van der Waals surface area contributed by atoms with Crippen LogP contribution in [-0.2, 0) is 0 Å². The number of fused-ring (bicyclic) bond motifs is 2. The van der Waals surface area contributed by atoms with Gasteiger partial charge in [-0.2, -0.15) is 0 Å². The third-order valence-corrected chi connectivity index (χ3v) is 7.11. The van der Waals surface area contributed by atoms with Crippen molar-refractivity contribution in [3.05, 3.63) is 93.2 Å². The molecule has 43 heavy (non-hydrogen) atoms.